The molecule has 0 radical (unpaired) electrons. The summed E-state index contributed by atoms with van der Waals surface area (Å²) >= 11 is 0. The fraction of sp³-hybridized carbons (Fsp3) is 0.500. The van der Waals surface area contributed by atoms with Crippen molar-refractivity contribution < 1.29 is 13.2 Å². The largest absolute Gasteiger partial charge is 0.383 e. The molecule has 0 unspecified atom stereocenters. The molecule has 112 valence electrons. The van der Waals surface area contributed by atoms with Gasteiger partial charge in [-0.15, -0.1) is 0 Å². The highest BCUT2D eigenvalue weighted by Crippen LogP contribution is 2.13. The summed E-state index contributed by atoms with van der Waals surface area (Å²) in [4.78, 5) is 17.0. The summed E-state index contributed by atoms with van der Waals surface area (Å²) in [6, 6.07) is 2.86. The summed E-state index contributed by atoms with van der Waals surface area (Å²) in [6.07, 6.45) is 1.53. The van der Waals surface area contributed by atoms with Gasteiger partial charge in [-0.2, -0.15) is 0 Å². The number of nitrogens with zero attached hydrogens (tertiary/aromatic N) is 2. The molecule has 0 fully saturated rings. The van der Waals surface area contributed by atoms with Gasteiger partial charge < -0.3 is 10.6 Å². The molecule has 0 aromatic carbocycles. The number of nitrogen functional groups attached to an aromatic ring is 1. The van der Waals surface area contributed by atoms with Crippen LogP contribution in [0.25, 0.3) is 0 Å². The van der Waals surface area contributed by atoms with Crippen LogP contribution in [-0.4, -0.2) is 43.8 Å². The maximum atomic E-state index is 12.0. The lowest BCUT2D eigenvalue weighted by Gasteiger charge is -2.18. The van der Waals surface area contributed by atoms with Gasteiger partial charge in [0, 0.05) is 32.3 Å². The number of nitrogens with one attached hydrogen (secondary N) is 1. The zero-order valence-corrected chi connectivity index (χ0v) is 12.5. The highest BCUT2D eigenvalue weighted by molar-refractivity contribution is 7.89. The van der Waals surface area contributed by atoms with Crippen LogP contribution < -0.4 is 10.5 Å². The van der Waals surface area contributed by atoms with E-state index in [1.807, 2.05) is 13.8 Å². The smallest absolute Gasteiger partial charge is 0.244 e. The second kappa shape index (κ2) is 7.20. The Hall–Kier alpha value is -1.67. The van der Waals surface area contributed by atoms with Crippen molar-refractivity contribution in [1.82, 2.24) is 14.6 Å². The molecule has 7 nitrogen and oxygen atoms in total. The quantitative estimate of drug-likeness (QED) is 0.748. The fourth-order valence-corrected chi connectivity index (χ4v) is 2.85. The monoisotopic (exact) mass is 300 g/mol. The Morgan fingerprint density at radius 2 is 2.05 bits per heavy atom. The minimum absolute atomic E-state index is 0.0337. The van der Waals surface area contributed by atoms with E-state index in [1.165, 1.54) is 18.3 Å². The van der Waals surface area contributed by atoms with Crippen molar-refractivity contribution in [1.29, 1.82) is 0 Å². The lowest BCUT2D eigenvalue weighted by molar-refractivity contribution is -0.130. The number of hydrogen-bond acceptors (Lipinski definition) is 5. The molecule has 1 amide bonds. The van der Waals surface area contributed by atoms with Crippen LogP contribution in [0.5, 0.6) is 0 Å². The van der Waals surface area contributed by atoms with E-state index in [4.69, 9.17) is 5.73 Å². The molecule has 1 heterocycles. The summed E-state index contributed by atoms with van der Waals surface area (Å²) in [6.45, 7) is 5.01. The van der Waals surface area contributed by atoms with Gasteiger partial charge in [-0.1, -0.05) is 0 Å². The van der Waals surface area contributed by atoms with Crippen LogP contribution >= 0.6 is 0 Å². The maximum absolute atomic E-state index is 12.0. The van der Waals surface area contributed by atoms with Gasteiger partial charge in [-0.25, -0.2) is 18.1 Å². The number of pyridine rings is 1. The number of aromatic nitrogens is 1. The van der Waals surface area contributed by atoms with Crippen LogP contribution in [0.15, 0.2) is 23.2 Å². The molecule has 1 rings (SSSR count). The standard InChI is InChI=1S/C12H20N4O3S/c1-3-16(4-2)11(17)7-9-15-20(18,19)10-6-5-8-14-12(10)13/h5-6,8,15H,3-4,7,9H2,1-2H3,(H2,13,14). The average molecular weight is 300 g/mol. The van der Waals surface area contributed by atoms with E-state index in [0.29, 0.717) is 13.1 Å². The molecule has 0 aliphatic heterocycles. The highest BCUT2D eigenvalue weighted by Gasteiger charge is 2.18. The zero-order chi connectivity index (χ0) is 15.2. The molecule has 20 heavy (non-hydrogen) atoms. The van der Waals surface area contributed by atoms with Gasteiger partial charge in [0.15, 0.2) is 0 Å². The highest BCUT2D eigenvalue weighted by atomic mass is 32.2. The third-order valence-electron chi connectivity index (χ3n) is 2.84. The van der Waals surface area contributed by atoms with Crippen molar-refractivity contribution in [2.24, 2.45) is 0 Å². The van der Waals surface area contributed by atoms with Crippen LogP contribution in [0, 0.1) is 0 Å². The average Bonchev–Trinajstić information content (AvgIpc) is 2.40. The molecule has 3 N–H and O–H groups in total. The molecule has 8 heteroatoms. The second-order valence-electron chi connectivity index (χ2n) is 4.10. The first kappa shape index (κ1) is 16.4. The van der Waals surface area contributed by atoms with Crippen molar-refractivity contribution in [3.63, 3.8) is 0 Å². The number of carbonyl (C=O) groups is 1. The van der Waals surface area contributed by atoms with Gasteiger partial charge in [-0.05, 0) is 26.0 Å². The van der Waals surface area contributed by atoms with Crippen LogP contribution in [-0.2, 0) is 14.8 Å². The molecule has 0 atom stereocenters. The molecule has 1 aromatic heterocycles. The van der Waals surface area contributed by atoms with E-state index in [9.17, 15) is 13.2 Å². The summed E-state index contributed by atoms with van der Waals surface area (Å²) in [5.41, 5.74) is 5.52. The van der Waals surface area contributed by atoms with Crippen molar-refractivity contribution in [2.45, 2.75) is 25.2 Å². The van der Waals surface area contributed by atoms with Gasteiger partial charge >= 0.3 is 0 Å². The van der Waals surface area contributed by atoms with Crippen LogP contribution in [0.4, 0.5) is 5.82 Å². The lowest BCUT2D eigenvalue weighted by atomic mass is 10.3. The number of rotatable bonds is 7. The Labute approximate surface area is 119 Å². The maximum Gasteiger partial charge on any atom is 0.244 e. The van der Waals surface area contributed by atoms with E-state index in [0.717, 1.165) is 0 Å². The van der Waals surface area contributed by atoms with E-state index >= 15 is 0 Å². The topological polar surface area (TPSA) is 105 Å². The molecule has 0 bridgehead atoms. The first-order chi connectivity index (χ1) is 9.42. The van der Waals surface area contributed by atoms with Gasteiger partial charge in [-0.3, -0.25) is 4.79 Å². The number of carbonyl (C=O) groups excluding carboxylic acids is 1. The zero-order valence-electron chi connectivity index (χ0n) is 11.7. The predicted molar refractivity (Wildman–Crippen MR) is 76.4 cm³/mol. The van der Waals surface area contributed by atoms with E-state index in [2.05, 4.69) is 9.71 Å². The van der Waals surface area contributed by atoms with E-state index < -0.39 is 10.0 Å². The molecule has 0 aliphatic rings. The number of amides is 1. The SMILES string of the molecule is CCN(CC)C(=O)CCNS(=O)(=O)c1cccnc1N. The van der Waals surface area contributed by atoms with Gasteiger partial charge in [0.05, 0.1) is 0 Å². The van der Waals surface area contributed by atoms with E-state index in [1.54, 1.807) is 4.90 Å². The van der Waals surface area contributed by atoms with Crippen molar-refractivity contribution in [2.75, 3.05) is 25.4 Å². The Bertz CT molecular complexity index is 556. The minimum atomic E-state index is -3.73. The Morgan fingerprint density at radius 3 is 2.60 bits per heavy atom. The van der Waals surface area contributed by atoms with Gasteiger partial charge in [0.2, 0.25) is 15.9 Å². The molecule has 0 saturated carbocycles. The number of hydrogen-bond donors (Lipinski definition) is 2. The lowest BCUT2D eigenvalue weighted by Crippen LogP contribution is -2.34. The summed E-state index contributed by atoms with van der Waals surface area (Å²) in [7, 11) is -3.73. The van der Waals surface area contributed by atoms with Gasteiger partial charge in [0.25, 0.3) is 0 Å². The van der Waals surface area contributed by atoms with Crippen LogP contribution in [0.1, 0.15) is 20.3 Å². The second-order valence-corrected chi connectivity index (χ2v) is 5.84. The number of anilines is 1. The van der Waals surface area contributed by atoms with E-state index in [-0.39, 0.29) is 29.6 Å². The predicted octanol–water partition coefficient (Wildman–Crippen LogP) is 0.201. The first-order valence-electron chi connectivity index (χ1n) is 6.40. The molecule has 0 aliphatic carbocycles. The summed E-state index contributed by atoms with van der Waals surface area (Å²) in [5, 5.41) is 0. The summed E-state index contributed by atoms with van der Waals surface area (Å²) < 4.78 is 26.3. The van der Waals surface area contributed by atoms with Crippen molar-refractivity contribution in [3.8, 4) is 0 Å². The fourth-order valence-electron chi connectivity index (χ4n) is 1.73. The molecule has 0 saturated heterocycles. The molecular weight excluding hydrogens is 280 g/mol. The first-order valence-corrected chi connectivity index (χ1v) is 7.88. The third kappa shape index (κ3) is 4.17. The minimum Gasteiger partial charge on any atom is -0.383 e. The molecular formula is C12H20N4O3S. The molecule has 1 aromatic rings. The van der Waals surface area contributed by atoms with Crippen LogP contribution in [0.2, 0.25) is 0 Å². The Kier molecular flexibility index (Phi) is 5.90. The number of sulfonamides is 1. The Morgan fingerprint density at radius 1 is 1.40 bits per heavy atom. The van der Waals surface area contributed by atoms with Gasteiger partial charge in [0.1, 0.15) is 10.7 Å². The summed E-state index contributed by atoms with van der Waals surface area (Å²) in [5.74, 6) is -0.146. The normalized spacial score (nSPS) is 11.3. The third-order valence-corrected chi connectivity index (χ3v) is 4.34. The van der Waals surface area contributed by atoms with Crippen LogP contribution in [0.3, 0.4) is 0 Å². The Balaban J connectivity index is 2.62. The molecule has 0 spiro atoms. The number of nitrogens with two attached hydrogens (primary N) is 1. The van der Waals surface area contributed by atoms with Crippen molar-refractivity contribution in [3.05, 3.63) is 18.3 Å². The van der Waals surface area contributed by atoms with Crippen molar-refractivity contribution >= 4 is 21.7 Å².